The summed E-state index contributed by atoms with van der Waals surface area (Å²) in [5.41, 5.74) is 5.92. The standard InChI is InChI=1S/C20H21F3N4O3/c1-10-13(5-4-6-15(10)20(21,22)23)11(2)25-18-14(9-16(24)28)17(26-12(3)27-18)19-29-7-8-30-19/h4-8,11,19H,9H2,1-3H3,(H2,24,28)(H,25,26,27)/t11-/m1/s1. The summed E-state index contributed by atoms with van der Waals surface area (Å²) in [5, 5.41) is 3.10. The van der Waals surface area contributed by atoms with E-state index in [0.717, 1.165) is 6.07 Å². The SMILES string of the molecule is Cc1nc(N[C@H](C)c2cccc(C(F)(F)F)c2C)c(CC(N)=O)c(C2OC=CO2)n1. The Morgan fingerprint density at radius 2 is 1.90 bits per heavy atom. The van der Waals surface area contributed by atoms with Crippen molar-refractivity contribution in [2.24, 2.45) is 5.73 Å². The number of amides is 1. The van der Waals surface area contributed by atoms with Crippen molar-refractivity contribution in [3.63, 3.8) is 0 Å². The van der Waals surface area contributed by atoms with Crippen LogP contribution in [0.2, 0.25) is 0 Å². The molecule has 1 aromatic carbocycles. The number of hydrogen-bond donors (Lipinski definition) is 2. The third-order valence-electron chi connectivity index (χ3n) is 4.69. The molecule has 0 saturated heterocycles. The van der Waals surface area contributed by atoms with E-state index in [1.54, 1.807) is 19.9 Å². The van der Waals surface area contributed by atoms with E-state index in [1.165, 1.54) is 25.5 Å². The molecule has 0 aliphatic carbocycles. The van der Waals surface area contributed by atoms with E-state index in [2.05, 4.69) is 15.3 Å². The molecule has 1 aliphatic heterocycles. The van der Waals surface area contributed by atoms with Gasteiger partial charge in [0.1, 0.15) is 29.9 Å². The van der Waals surface area contributed by atoms with Gasteiger partial charge in [-0.1, -0.05) is 12.1 Å². The number of carbonyl (C=O) groups is 1. The summed E-state index contributed by atoms with van der Waals surface area (Å²) in [6.07, 6.45) is -2.84. The van der Waals surface area contributed by atoms with Crippen LogP contribution in [-0.2, 0) is 26.9 Å². The van der Waals surface area contributed by atoms with Gasteiger partial charge in [0.05, 0.1) is 18.0 Å². The van der Waals surface area contributed by atoms with Gasteiger partial charge in [0, 0.05) is 5.56 Å². The molecule has 30 heavy (non-hydrogen) atoms. The van der Waals surface area contributed by atoms with Gasteiger partial charge in [-0.2, -0.15) is 13.2 Å². The van der Waals surface area contributed by atoms with Crippen molar-refractivity contribution in [1.82, 2.24) is 9.97 Å². The molecule has 1 amide bonds. The first-order valence-corrected chi connectivity index (χ1v) is 9.12. The number of alkyl halides is 3. The second-order valence-electron chi connectivity index (χ2n) is 6.89. The number of carbonyl (C=O) groups excluding carboxylic acids is 1. The minimum atomic E-state index is -4.46. The first-order chi connectivity index (χ1) is 14.1. The van der Waals surface area contributed by atoms with Gasteiger partial charge in [0.25, 0.3) is 6.29 Å². The van der Waals surface area contributed by atoms with E-state index in [4.69, 9.17) is 15.2 Å². The molecular formula is C20H21F3N4O3. The fourth-order valence-corrected chi connectivity index (χ4v) is 3.36. The topological polar surface area (TPSA) is 99.4 Å². The third kappa shape index (κ3) is 4.47. The van der Waals surface area contributed by atoms with Gasteiger partial charge >= 0.3 is 6.18 Å². The summed E-state index contributed by atoms with van der Waals surface area (Å²) in [6.45, 7) is 4.77. The Morgan fingerprint density at radius 3 is 2.50 bits per heavy atom. The number of aromatic nitrogens is 2. The Labute approximate surface area is 171 Å². The lowest BCUT2D eigenvalue weighted by Crippen LogP contribution is -2.21. The van der Waals surface area contributed by atoms with Crippen molar-refractivity contribution < 1.29 is 27.4 Å². The predicted octanol–water partition coefficient (Wildman–Crippen LogP) is 3.83. The summed E-state index contributed by atoms with van der Waals surface area (Å²) in [5.74, 6) is 0.0214. The zero-order chi connectivity index (χ0) is 22.1. The Bertz CT molecular complexity index is 984. The Balaban J connectivity index is 2.01. The monoisotopic (exact) mass is 422 g/mol. The lowest BCUT2D eigenvalue weighted by Gasteiger charge is -2.23. The molecule has 160 valence electrons. The highest BCUT2D eigenvalue weighted by Crippen LogP contribution is 2.36. The number of ether oxygens (including phenoxy) is 2. The summed E-state index contributed by atoms with van der Waals surface area (Å²) in [4.78, 5) is 20.3. The number of nitrogens with two attached hydrogens (primary N) is 1. The second-order valence-corrected chi connectivity index (χ2v) is 6.89. The van der Waals surface area contributed by atoms with Crippen molar-refractivity contribution in [1.29, 1.82) is 0 Å². The van der Waals surface area contributed by atoms with E-state index in [-0.39, 0.29) is 17.8 Å². The highest BCUT2D eigenvalue weighted by molar-refractivity contribution is 5.78. The number of anilines is 1. The summed E-state index contributed by atoms with van der Waals surface area (Å²) in [6, 6.07) is 3.46. The minimum absolute atomic E-state index is 0.110. The van der Waals surface area contributed by atoms with Crippen LogP contribution in [0.3, 0.4) is 0 Å². The zero-order valence-corrected chi connectivity index (χ0v) is 16.6. The molecule has 2 heterocycles. The van der Waals surface area contributed by atoms with E-state index >= 15 is 0 Å². The Morgan fingerprint density at radius 1 is 1.23 bits per heavy atom. The smallest absolute Gasteiger partial charge is 0.416 e. The molecule has 0 spiro atoms. The number of halogens is 3. The number of nitrogens with zero attached hydrogens (tertiary/aromatic N) is 2. The molecule has 1 aliphatic rings. The maximum atomic E-state index is 13.3. The summed E-state index contributed by atoms with van der Waals surface area (Å²) >= 11 is 0. The quantitative estimate of drug-likeness (QED) is 0.734. The van der Waals surface area contributed by atoms with Crippen LogP contribution in [0.4, 0.5) is 19.0 Å². The van der Waals surface area contributed by atoms with Crippen LogP contribution in [0.5, 0.6) is 0 Å². The van der Waals surface area contributed by atoms with E-state index in [0.29, 0.717) is 22.6 Å². The van der Waals surface area contributed by atoms with Crippen LogP contribution in [0.25, 0.3) is 0 Å². The van der Waals surface area contributed by atoms with Gasteiger partial charge in [-0.05, 0) is 38.0 Å². The zero-order valence-electron chi connectivity index (χ0n) is 16.6. The predicted molar refractivity (Wildman–Crippen MR) is 102 cm³/mol. The van der Waals surface area contributed by atoms with Gasteiger partial charge in [0.2, 0.25) is 5.91 Å². The van der Waals surface area contributed by atoms with Crippen molar-refractivity contribution in [2.45, 2.75) is 45.7 Å². The Hall–Kier alpha value is -3.30. The largest absolute Gasteiger partial charge is 0.454 e. The van der Waals surface area contributed by atoms with Gasteiger partial charge in [0.15, 0.2) is 0 Å². The second kappa shape index (κ2) is 8.21. The van der Waals surface area contributed by atoms with Crippen molar-refractivity contribution >= 4 is 11.7 Å². The van der Waals surface area contributed by atoms with Crippen LogP contribution in [-0.4, -0.2) is 15.9 Å². The molecule has 2 aromatic rings. The fourth-order valence-electron chi connectivity index (χ4n) is 3.36. The van der Waals surface area contributed by atoms with Gasteiger partial charge in [-0.3, -0.25) is 4.79 Å². The molecule has 3 rings (SSSR count). The maximum Gasteiger partial charge on any atom is 0.416 e. The summed E-state index contributed by atoms with van der Waals surface area (Å²) in [7, 11) is 0. The molecular weight excluding hydrogens is 401 g/mol. The average Bonchev–Trinajstić information content (AvgIpc) is 3.17. The van der Waals surface area contributed by atoms with Gasteiger partial charge < -0.3 is 20.5 Å². The van der Waals surface area contributed by atoms with Crippen LogP contribution >= 0.6 is 0 Å². The molecule has 3 N–H and O–H groups in total. The number of primary amides is 1. The number of aryl methyl sites for hydroxylation is 1. The normalized spacial score (nSPS) is 14.9. The minimum Gasteiger partial charge on any atom is -0.454 e. The molecule has 10 heteroatoms. The molecule has 1 aromatic heterocycles. The lowest BCUT2D eigenvalue weighted by atomic mass is 9.97. The molecule has 1 atom stereocenters. The van der Waals surface area contributed by atoms with E-state index < -0.39 is 30.0 Å². The first kappa shape index (κ1) is 21.4. The first-order valence-electron chi connectivity index (χ1n) is 9.12. The highest BCUT2D eigenvalue weighted by atomic mass is 19.4. The van der Waals surface area contributed by atoms with Crippen LogP contribution in [0.1, 0.15) is 53.0 Å². The Kier molecular flexibility index (Phi) is 5.86. The number of benzene rings is 1. The van der Waals surface area contributed by atoms with E-state index in [9.17, 15) is 18.0 Å². The lowest BCUT2D eigenvalue weighted by molar-refractivity contribution is -0.138. The van der Waals surface area contributed by atoms with Crippen molar-refractivity contribution in [2.75, 3.05) is 5.32 Å². The van der Waals surface area contributed by atoms with Gasteiger partial charge in [-0.15, -0.1) is 0 Å². The van der Waals surface area contributed by atoms with Crippen molar-refractivity contribution in [3.05, 3.63) is 64.5 Å². The third-order valence-corrected chi connectivity index (χ3v) is 4.69. The molecule has 0 saturated carbocycles. The molecule has 7 nitrogen and oxygen atoms in total. The summed E-state index contributed by atoms with van der Waals surface area (Å²) < 4.78 is 50.5. The van der Waals surface area contributed by atoms with Crippen LogP contribution in [0.15, 0.2) is 30.7 Å². The number of nitrogens with one attached hydrogen (secondary N) is 1. The molecule has 0 fully saturated rings. The molecule has 0 bridgehead atoms. The van der Waals surface area contributed by atoms with E-state index in [1.807, 2.05) is 0 Å². The average molecular weight is 422 g/mol. The van der Waals surface area contributed by atoms with Gasteiger partial charge in [-0.25, -0.2) is 9.97 Å². The molecule has 0 radical (unpaired) electrons. The van der Waals surface area contributed by atoms with Crippen LogP contribution < -0.4 is 11.1 Å². The maximum absolute atomic E-state index is 13.3. The molecule has 0 unspecified atom stereocenters. The van der Waals surface area contributed by atoms with Crippen LogP contribution in [0, 0.1) is 13.8 Å². The number of hydrogen-bond acceptors (Lipinski definition) is 6. The van der Waals surface area contributed by atoms with Crippen molar-refractivity contribution in [3.8, 4) is 0 Å². The number of rotatable bonds is 6. The fraction of sp³-hybridized carbons (Fsp3) is 0.350. The highest BCUT2D eigenvalue weighted by Gasteiger charge is 2.33.